The van der Waals surface area contributed by atoms with Crippen LogP contribution in [-0.2, 0) is 0 Å². The average Bonchev–Trinajstić information content (AvgIpc) is 2.58. The van der Waals surface area contributed by atoms with E-state index >= 15 is 0 Å². The van der Waals surface area contributed by atoms with Gasteiger partial charge < -0.3 is 9.47 Å². The number of carbonyl (C=O) groups is 1. The van der Waals surface area contributed by atoms with Gasteiger partial charge in [0, 0.05) is 28.5 Å². The lowest BCUT2D eigenvalue weighted by atomic mass is 10.1. The molecular formula is C16H16BrN3O3. The van der Waals surface area contributed by atoms with Crippen molar-refractivity contribution in [3.63, 3.8) is 0 Å². The second-order valence-corrected chi connectivity index (χ2v) is 5.51. The van der Waals surface area contributed by atoms with Crippen LogP contribution in [-0.4, -0.2) is 30.8 Å². The number of nitrogens with zero attached hydrogens (tertiary/aromatic N) is 2. The highest BCUT2D eigenvalue weighted by Gasteiger charge is 2.10. The first-order valence-corrected chi connectivity index (χ1v) is 7.52. The van der Waals surface area contributed by atoms with Gasteiger partial charge in [-0.05, 0) is 41.1 Å². The molecule has 0 saturated carbocycles. The van der Waals surface area contributed by atoms with Crippen LogP contribution >= 0.6 is 15.9 Å². The number of nitrogens with one attached hydrogen (secondary N) is 1. The van der Waals surface area contributed by atoms with Crippen LogP contribution in [0.5, 0.6) is 11.5 Å². The molecule has 1 amide bonds. The van der Waals surface area contributed by atoms with Crippen LogP contribution in [0.2, 0.25) is 0 Å². The minimum atomic E-state index is -0.342. The van der Waals surface area contributed by atoms with E-state index in [0.717, 1.165) is 10.0 Å². The van der Waals surface area contributed by atoms with Crippen LogP contribution < -0.4 is 14.9 Å². The summed E-state index contributed by atoms with van der Waals surface area (Å²) in [4.78, 5) is 16.0. The number of ether oxygens (including phenoxy) is 2. The topological polar surface area (TPSA) is 72.8 Å². The Balaban J connectivity index is 2.18. The van der Waals surface area contributed by atoms with E-state index in [-0.39, 0.29) is 5.91 Å². The van der Waals surface area contributed by atoms with Gasteiger partial charge in [-0.25, -0.2) is 5.43 Å². The molecular weight excluding hydrogens is 362 g/mol. The molecule has 120 valence electrons. The van der Waals surface area contributed by atoms with Gasteiger partial charge in [-0.15, -0.1) is 0 Å². The van der Waals surface area contributed by atoms with Gasteiger partial charge >= 0.3 is 0 Å². The second-order valence-electron chi connectivity index (χ2n) is 4.60. The van der Waals surface area contributed by atoms with Crippen LogP contribution in [0.3, 0.4) is 0 Å². The molecule has 1 aromatic heterocycles. The van der Waals surface area contributed by atoms with Crippen molar-refractivity contribution in [2.75, 3.05) is 14.2 Å². The molecule has 6 nitrogen and oxygen atoms in total. The zero-order valence-electron chi connectivity index (χ0n) is 13.0. The van der Waals surface area contributed by atoms with E-state index in [4.69, 9.17) is 9.47 Å². The summed E-state index contributed by atoms with van der Waals surface area (Å²) in [6, 6.07) is 7.05. The van der Waals surface area contributed by atoms with Crippen molar-refractivity contribution >= 4 is 27.5 Å². The molecule has 1 aromatic carbocycles. The zero-order valence-corrected chi connectivity index (χ0v) is 14.5. The predicted molar refractivity (Wildman–Crippen MR) is 91.2 cm³/mol. The molecule has 0 atom stereocenters. The van der Waals surface area contributed by atoms with Gasteiger partial charge in [-0.1, -0.05) is 0 Å². The highest BCUT2D eigenvalue weighted by molar-refractivity contribution is 9.10. The number of hydrogen-bond acceptors (Lipinski definition) is 5. The Morgan fingerprint density at radius 2 is 2.00 bits per heavy atom. The Hall–Kier alpha value is -2.41. The van der Waals surface area contributed by atoms with Crippen LogP contribution in [0.15, 0.2) is 46.2 Å². The predicted octanol–water partition coefficient (Wildman–Crippen LogP) is 3.02. The average molecular weight is 378 g/mol. The van der Waals surface area contributed by atoms with E-state index in [0.29, 0.717) is 22.8 Å². The lowest BCUT2D eigenvalue weighted by molar-refractivity contribution is 0.0954. The Morgan fingerprint density at radius 3 is 2.65 bits per heavy atom. The van der Waals surface area contributed by atoms with Gasteiger partial charge in [-0.2, -0.15) is 5.10 Å². The quantitative estimate of drug-likeness (QED) is 0.641. The van der Waals surface area contributed by atoms with Crippen LogP contribution in [0.25, 0.3) is 0 Å². The van der Waals surface area contributed by atoms with Crippen LogP contribution in [0.4, 0.5) is 0 Å². The first kappa shape index (κ1) is 17.0. The summed E-state index contributed by atoms with van der Waals surface area (Å²) in [6.07, 6.45) is 3.08. The summed E-state index contributed by atoms with van der Waals surface area (Å²) in [7, 11) is 3.15. The molecule has 0 unspecified atom stereocenters. The fourth-order valence-corrected chi connectivity index (χ4v) is 2.26. The van der Waals surface area contributed by atoms with E-state index in [2.05, 4.69) is 31.4 Å². The molecule has 1 heterocycles. The number of methoxy groups -OCH3 is 2. The maximum absolute atomic E-state index is 12.1. The number of benzene rings is 1. The summed E-state index contributed by atoms with van der Waals surface area (Å²) >= 11 is 3.27. The van der Waals surface area contributed by atoms with Gasteiger partial charge in [0.15, 0.2) is 0 Å². The third kappa shape index (κ3) is 4.29. The van der Waals surface area contributed by atoms with E-state index in [1.54, 1.807) is 45.5 Å². The molecule has 0 bridgehead atoms. The number of hydrazone groups is 1. The maximum Gasteiger partial charge on any atom is 0.272 e. The number of pyridine rings is 1. The van der Waals surface area contributed by atoms with Crippen molar-refractivity contribution in [3.05, 3.63) is 52.3 Å². The molecule has 2 rings (SSSR count). The van der Waals surface area contributed by atoms with Gasteiger partial charge in [0.2, 0.25) is 0 Å². The van der Waals surface area contributed by atoms with Gasteiger partial charge in [-0.3, -0.25) is 9.78 Å². The lowest BCUT2D eigenvalue weighted by Crippen LogP contribution is -2.19. The number of amides is 1. The van der Waals surface area contributed by atoms with Crippen molar-refractivity contribution in [3.8, 4) is 11.5 Å². The standard InChI is InChI=1S/C16H16BrN3O3/c1-10(14-5-4-13(22-2)7-15(14)23-3)19-20-16(21)11-6-12(17)9-18-8-11/h4-9H,1-3H3,(H,20,21)/b19-10+. The zero-order chi connectivity index (χ0) is 16.8. The summed E-state index contributed by atoms with van der Waals surface area (Å²) in [5.74, 6) is 0.956. The van der Waals surface area contributed by atoms with E-state index in [9.17, 15) is 4.79 Å². The molecule has 2 aromatic rings. The third-order valence-corrected chi connectivity index (χ3v) is 3.52. The number of hydrogen-bond donors (Lipinski definition) is 1. The van der Waals surface area contributed by atoms with Gasteiger partial charge in [0.05, 0.1) is 25.5 Å². The highest BCUT2D eigenvalue weighted by Crippen LogP contribution is 2.25. The lowest BCUT2D eigenvalue weighted by Gasteiger charge is -2.10. The second kappa shape index (κ2) is 7.73. The van der Waals surface area contributed by atoms with E-state index < -0.39 is 0 Å². The summed E-state index contributed by atoms with van der Waals surface area (Å²) in [5, 5.41) is 4.12. The number of aromatic nitrogens is 1. The first-order chi connectivity index (χ1) is 11.0. The van der Waals surface area contributed by atoms with Crippen molar-refractivity contribution < 1.29 is 14.3 Å². The Kier molecular flexibility index (Phi) is 5.70. The Morgan fingerprint density at radius 1 is 1.22 bits per heavy atom. The third-order valence-electron chi connectivity index (χ3n) is 3.09. The SMILES string of the molecule is COc1ccc(/C(C)=N/NC(=O)c2cncc(Br)c2)c(OC)c1. The largest absolute Gasteiger partial charge is 0.497 e. The minimum Gasteiger partial charge on any atom is -0.497 e. The first-order valence-electron chi connectivity index (χ1n) is 6.72. The van der Waals surface area contributed by atoms with Crippen molar-refractivity contribution in [2.24, 2.45) is 5.10 Å². The molecule has 0 aliphatic carbocycles. The molecule has 0 aliphatic heterocycles. The highest BCUT2D eigenvalue weighted by atomic mass is 79.9. The van der Waals surface area contributed by atoms with E-state index in [1.165, 1.54) is 6.20 Å². The summed E-state index contributed by atoms with van der Waals surface area (Å²) < 4.78 is 11.2. The number of carbonyl (C=O) groups excluding carboxylic acids is 1. The van der Waals surface area contributed by atoms with Crippen molar-refractivity contribution in [1.29, 1.82) is 0 Å². The fraction of sp³-hybridized carbons (Fsp3) is 0.188. The molecule has 0 aliphatic rings. The molecule has 0 saturated heterocycles. The summed E-state index contributed by atoms with van der Waals surface area (Å²) in [6.45, 7) is 1.78. The van der Waals surface area contributed by atoms with Crippen LogP contribution in [0.1, 0.15) is 22.8 Å². The van der Waals surface area contributed by atoms with Gasteiger partial charge in [0.1, 0.15) is 11.5 Å². The number of halogens is 1. The maximum atomic E-state index is 12.1. The van der Waals surface area contributed by atoms with Crippen molar-refractivity contribution in [2.45, 2.75) is 6.92 Å². The summed E-state index contributed by atoms with van der Waals surface area (Å²) in [5.41, 5.74) is 4.30. The van der Waals surface area contributed by atoms with Crippen molar-refractivity contribution in [1.82, 2.24) is 10.4 Å². The Labute approximate surface area is 142 Å². The molecule has 7 heteroatoms. The smallest absolute Gasteiger partial charge is 0.272 e. The monoisotopic (exact) mass is 377 g/mol. The fourth-order valence-electron chi connectivity index (χ4n) is 1.89. The molecule has 0 spiro atoms. The molecule has 23 heavy (non-hydrogen) atoms. The van der Waals surface area contributed by atoms with Gasteiger partial charge in [0.25, 0.3) is 5.91 Å². The normalized spacial score (nSPS) is 11.0. The minimum absolute atomic E-state index is 0.342. The van der Waals surface area contributed by atoms with Crippen LogP contribution in [0, 0.1) is 0 Å². The molecule has 1 N–H and O–H groups in total. The Bertz CT molecular complexity index is 747. The molecule has 0 radical (unpaired) electrons. The molecule has 0 fully saturated rings. The number of rotatable bonds is 5. The van der Waals surface area contributed by atoms with E-state index in [1.807, 2.05) is 6.07 Å².